The van der Waals surface area contributed by atoms with Crippen LogP contribution in [0.15, 0.2) is 48.8 Å². The van der Waals surface area contributed by atoms with Crippen LogP contribution in [0.2, 0.25) is 0 Å². The first-order valence-corrected chi connectivity index (χ1v) is 10.6. The van der Waals surface area contributed by atoms with Gasteiger partial charge in [-0.15, -0.1) is 0 Å². The molecule has 0 unspecified atom stereocenters. The average molecular weight is 425 g/mol. The van der Waals surface area contributed by atoms with Crippen LogP contribution in [0.1, 0.15) is 17.2 Å². The van der Waals surface area contributed by atoms with E-state index in [1.807, 2.05) is 14.1 Å². The number of anilines is 1. The summed E-state index contributed by atoms with van der Waals surface area (Å²) in [6.45, 7) is 4.47. The number of rotatable bonds is 7. The number of hydrogen-bond donors (Lipinski definition) is 2. The maximum Gasteiger partial charge on any atom is 0.309 e. The van der Waals surface area contributed by atoms with Crippen LogP contribution in [-0.4, -0.2) is 80.5 Å². The van der Waals surface area contributed by atoms with Crippen LogP contribution in [0, 0.1) is 0 Å². The van der Waals surface area contributed by atoms with E-state index in [9.17, 15) is 9.59 Å². The van der Waals surface area contributed by atoms with Crippen molar-refractivity contribution in [2.75, 3.05) is 58.8 Å². The summed E-state index contributed by atoms with van der Waals surface area (Å²) in [5, 5.41) is 5.50. The fourth-order valence-corrected chi connectivity index (χ4v) is 3.62. The van der Waals surface area contributed by atoms with Crippen molar-refractivity contribution in [3.8, 4) is 0 Å². The number of hydrogen-bond acceptors (Lipinski definition) is 6. The SMILES string of the molecule is CN1CCN([C@@H](CNC(=O)C(=O)NCc2ccncc2)c2ccc(N(C)C)cc2)CC1. The minimum Gasteiger partial charge on any atom is -0.378 e. The van der Waals surface area contributed by atoms with E-state index < -0.39 is 11.8 Å². The van der Waals surface area contributed by atoms with E-state index in [4.69, 9.17) is 0 Å². The van der Waals surface area contributed by atoms with Crippen LogP contribution >= 0.6 is 0 Å². The first-order chi connectivity index (χ1) is 14.9. The van der Waals surface area contributed by atoms with Crippen molar-refractivity contribution in [3.63, 3.8) is 0 Å². The van der Waals surface area contributed by atoms with Crippen LogP contribution in [-0.2, 0) is 16.1 Å². The molecule has 1 aromatic carbocycles. The number of amides is 2. The molecule has 1 aromatic heterocycles. The molecule has 0 radical (unpaired) electrons. The van der Waals surface area contributed by atoms with E-state index in [1.165, 1.54) is 0 Å². The van der Waals surface area contributed by atoms with Gasteiger partial charge in [-0.05, 0) is 42.4 Å². The van der Waals surface area contributed by atoms with Gasteiger partial charge in [-0.1, -0.05) is 12.1 Å². The smallest absolute Gasteiger partial charge is 0.309 e. The van der Waals surface area contributed by atoms with Gasteiger partial charge in [-0.3, -0.25) is 19.5 Å². The predicted octanol–water partition coefficient (Wildman–Crippen LogP) is 0.869. The van der Waals surface area contributed by atoms with Gasteiger partial charge in [0.25, 0.3) is 0 Å². The molecule has 1 aliphatic rings. The van der Waals surface area contributed by atoms with Crippen molar-refractivity contribution in [1.29, 1.82) is 0 Å². The van der Waals surface area contributed by atoms with Gasteiger partial charge in [0.2, 0.25) is 0 Å². The topological polar surface area (TPSA) is 80.8 Å². The molecule has 1 atom stereocenters. The quantitative estimate of drug-likeness (QED) is 0.642. The van der Waals surface area contributed by atoms with Gasteiger partial charge in [0.15, 0.2) is 0 Å². The lowest BCUT2D eigenvalue weighted by Gasteiger charge is -2.38. The van der Waals surface area contributed by atoms with Crippen LogP contribution in [0.4, 0.5) is 5.69 Å². The van der Waals surface area contributed by atoms with Crippen molar-refractivity contribution in [1.82, 2.24) is 25.4 Å². The summed E-state index contributed by atoms with van der Waals surface area (Å²) < 4.78 is 0. The molecule has 2 amide bonds. The van der Waals surface area contributed by atoms with Crippen LogP contribution in [0.3, 0.4) is 0 Å². The Bertz CT molecular complexity index is 848. The molecule has 166 valence electrons. The molecule has 8 nitrogen and oxygen atoms in total. The molecule has 0 aliphatic carbocycles. The van der Waals surface area contributed by atoms with Gasteiger partial charge in [-0.25, -0.2) is 0 Å². The Labute approximate surface area is 184 Å². The third-order valence-electron chi connectivity index (χ3n) is 5.64. The van der Waals surface area contributed by atoms with Crippen molar-refractivity contribution in [3.05, 3.63) is 59.9 Å². The number of carbonyl (C=O) groups excluding carboxylic acids is 2. The van der Waals surface area contributed by atoms with Gasteiger partial charge < -0.3 is 20.4 Å². The van der Waals surface area contributed by atoms with Crippen molar-refractivity contribution >= 4 is 17.5 Å². The number of piperazine rings is 1. The number of benzene rings is 1. The number of aromatic nitrogens is 1. The molecule has 3 rings (SSSR count). The number of pyridine rings is 1. The second kappa shape index (κ2) is 10.9. The van der Waals surface area contributed by atoms with Gasteiger partial charge in [-0.2, -0.15) is 0 Å². The Morgan fingerprint density at radius 3 is 2.19 bits per heavy atom. The summed E-state index contributed by atoms with van der Waals surface area (Å²) in [6.07, 6.45) is 3.31. The summed E-state index contributed by atoms with van der Waals surface area (Å²) in [7, 11) is 6.14. The maximum absolute atomic E-state index is 12.4. The first kappa shape index (κ1) is 22.7. The normalized spacial score (nSPS) is 15.8. The minimum absolute atomic E-state index is 0.0156. The molecule has 0 saturated carbocycles. The van der Waals surface area contributed by atoms with E-state index in [2.05, 4.69) is 61.6 Å². The lowest BCUT2D eigenvalue weighted by atomic mass is 10.0. The van der Waals surface area contributed by atoms with Crippen molar-refractivity contribution in [2.45, 2.75) is 12.6 Å². The third kappa shape index (κ3) is 6.50. The fourth-order valence-electron chi connectivity index (χ4n) is 3.62. The first-order valence-electron chi connectivity index (χ1n) is 10.6. The van der Waals surface area contributed by atoms with E-state index >= 15 is 0 Å². The van der Waals surface area contributed by atoms with E-state index in [0.717, 1.165) is 43.0 Å². The Morgan fingerprint density at radius 2 is 1.58 bits per heavy atom. The van der Waals surface area contributed by atoms with Gasteiger partial charge >= 0.3 is 11.8 Å². The average Bonchev–Trinajstić information content (AvgIpc) is 2.79. The lowest BCUT2D eigenvalue weighted by molar-refractivity contribution is -0.139. The Balaban J connectivity index is 1.62. The lowest BCUT2D eigenvalue weighted by Crippen LogP contribution is -2.49. The summed E-state index contributed by atoms with van der Waals surface area (Å²) in [5.41, 5.74) is 3.15. The van der Waals surface area contributed by atoms with Gasteiger partial charge in [0, 0.05) is 71.4 Å². The predicted molar refractivity (Wildman–Crippen MR) is 122 cm³/mol. The third-order valence-corrected chi connectivity index (χ3v) is 5.64. The minimum atomic E-state index is -0.628. The van der Waals surface area contributed by atoms with E-state index in [1.54, 1.807) is 24.5 Å². The number of carbonyl (C=O) groups is 2. The molecule has 0 spiro atoms. The Morgan fingerprint density at radius 1 is 0.968 bits per heavy atom. The van der Waals surface area contributed by atoms with E-state index in [0.29, 0.717) is 13.1 Å². The summed E-state index contributed by atoms with van der Waals surface area (Å²) in [5.74, 6) is -1.24. The molecule has 0 bridgehead atoms. The molecular weight excluding hydrogens is 392 g/mol. The summed E-state index contributed by atoms with van der Waals surface area (Å²) in [6, 6.07) is 12.0. The highest BCUT2D eigenvalue weighted by atomic mass is 16.2. The van der Waals surface area contributed by atoms with Crippen LogP contribution in [0.5, 0.6) is 0 Å². The highest BCUT2D eigenvalue weighted by molar-refractivity contribution is 6.35. The van der Waals surface area contributed by atoms with Gasteiger partial charge in [0.05, 0.1) is 6.04 Å². The number of likely N-dealkylation sites (N-methyl/N-ethyl adjacent to an activating group) is 1. The Kier molecular flexibility index (Phi) is 7.97. The zero-order valence-corrected chi connectivity index (χ0v) is 18.5. The molecule has 2 heterocycles. The number of nitrogens with one attached hydrogen (secondary N) is 2. The molecule has 8 heteroatoms. The zero-order valence-electron chi connectivity index (χ0n) is 18.5. The molecular formula is C23H32N6O2. The standard InChI is InChI=1S/C23H32N6O2/c1-27(2)20-6-4-19(5-7-20)21(29-14-12-28(3)13-15-29)17-26-23(31)22(30)25-16-18-8-10-24-11-9-18/h4-11,21H,12-17H2,1-3H3,(H,25,30)(H,26,31)/t21-/m0/s1. The molecule has 31 heavy (non-hydrogen) atoms. The van der Waals surface area contributed by atoms with Crippen LogP contribution < -0.4 is 15.5 Å². The summed E-state index contributed by atoms with van der Waals surface area (Å²) >= 11 is 0. The second-order valence-electron chi connectivity index (χ2n) is 8.09. The largest absolute Gasteiger partial charge is 0.378 e. The Hall–Kier alpha value is -2.97. The van der Waals surface area contributed by atoms with Crippen LogP contribution in [0.25, 0.3) is 0 Å². The summed E-state index contributed by atoms with van der Waals surface area (Å²) in [4.78, 5) is 35.3. The maximum atomic E-state index is 12.4. The van der Waals surface area contributed by atoms with Crippen molar-refractivity contribution in [2.24, 2.45) is 0 Å². The monoisotopic (exact) mass is 424 g/mol. The molecule has 1 saturated heterocycles. The highest BCUT2D eigenvalue weighted by Gasteiger charge is 2.25. The molecule has 1 fully saturated rings. The van der Waals surface area contributed by atoms with Gasteiger partial charge in [0.1, 0.15) is 0 Å². The molecule has 2 N–H and O–H groups in total. The van der Waals surface area contributed by atoms with E-state index in [-0.39, 0.29) is 6.04 Å². The molecule has 1 aliphatic heterocycles. The highest BCUT2D eigenvalue weighted by Crippen LogP contribution is 2.24. The molecule has 2 aromatic rings. The fraction of sp³-hybridized carbons (Fsp3) is 0.435. The number of nitrogens with zero attached hydrogens (tertiary/aromatic N) is 4. The zero-order chi connectivity index (χ0) is 22.2. The second-order valence-corrected chi connectivity index (χ2v) is 8.09. The van der Waals surface area contributed by atoms with Crippen molar-refractivity contribution < 1.29 is 9.59 Å².